The van der Waals surface area contributed by atoms with Crippen LogP contribution < -0.4 is 29.1 Å². The van der Waals surface area contributed by atoms with Gasteiger partial charge in [-0.25, -0.2) is 14.6 Å². The molecule has 46 heavy (non-hydrogen) atoms. The summed E-state index contributed by atoms with van der Waals surface area (Å²) >= 11 is 4.44. The number of allylic oxidation sites excluding steroid dienone is 1. The Morgan fingerprint density at radius 2 is 1.89 bits per heavy atom. The summed E-state index contributed by atoms with van der Waals surface area (Å²) in [5.74, 6) is -0.602. The van der Waals surface area contributed by atoms with Gasteiger partial charge in [-0.15, -0.1) is 0 Å². The fourth-order valence-corrected chi connectivity index (χ4v) is 6.31. The molecule has 0 bridgehead atoms. The summed E-state index contributed by atoms with van der Waals surface area (Å²) in [6.45, 7) is 8.64. The molecule has 3 aromatic rings. The maximum atomic E-state index is 14.1. The number of benzene rings is 2. The molecule has 0 spiro atoms. The number of hydrogen-bond acceptors (Lipinski definition) is 12. The van der Waals surface area contributed by atoms with E-state index in [0.717, 1.165) is 11.3 Å². The topological polar surface area (TPSA) is 158 Å². The first-order chi connectivity index (χ1) is 21.9. The maximum absolute atomic E-state index is 14.1. The zero-order chi connectivity index (χ0) is 33.7. The number of fused-ring (bicyclic) bond motifs is 1. The summed E-state index contributed by atoms with van der Waals surface area (Å²) in [7, 11) is 1.25. The van der Waals surface area contributed by atoms with Crippen molar-refractivity contribution in [1.29, 1.82) is 0 Å². The Bertz CT molecular complexity index is 1900. The van der Waals surface area contributed by atoms with Gasteiger partial charge in [0.15, 0.2) is 22.9 Å². The highest BCUT2D eigenvalue weighted by molar-refractivity contribution is 9.10. The predicted molar refractivity (Wildman–Crippen MR) is 172 cm³/mol. The third-order valence-electron chi connectivity index (χ3n) is 6.57. The quantitative estimate of drug-likeness (QED) is 0.151. The second-order valence-electron chi connectivity index (χ2n) is 10.1. The second kappa shape index (κ2) is 14.7. The number of hydrogen-bond donors (Lipinski definition) is 0. The van der Waals surface area contributed by atoms with Gasteiger partial charge in [0.2, 0.25) is 5.75 Å². The Morgan fingerprint density at radius 1 is 1.15 bits per heavy atom. The van der Waals surface area contributed by atoms with Gasteiger partial charge in [0.1, 0.15) is 0 Å². The van der Waals surface area contributed by atoms with E-state index < -0.39 is 28.5 Å². The normalized spacial score (nSPS) is 14.4. The number of carbonyl (C=O) groups is 2. The minimum absolute atomic E-state index is 0.0810. The van der Waals surface area contributed by atoms with E-state index in [1.807, 2.05) is 0 Å². The molecule has 0 aliphatic carbocycles. The summed E-state index contributed by atoms with van der Waals surface area (Å²) in [5.41, 5.74) is 0.636. The van der Waals surface area contributed by atoms with Gasteiger partial charge < -0.3 is 23.7 Å². The Morgan fingerprint density at radius 3 is 2.52 bits per heavy atom. The smallest absolute Gasteiger partial charge is 0.343 e. The molecule has 244 valence electrons. The fraction of sp³-hybridized carbons (Fsp3) is 0.355. The van der Waals surface area contributed by atoms with Crippen LogP contribution in [0.3, 0.4) is 0 Å². The molecule has 0 amide bonds. The van der Waals surface area contributed by atoms with Gasteiger partial charge in [-0.2, -0.15) is 0 Å². The van der Waals surface area contributed by atoms with Gasteiger partial charge in [0, 0.05) is 6.07 Å². The van der Waals surface area contributed by atoms with Crippen LogP contribution in [0.25, 0.3) is 6.08 Å². The number of rotatable bonds is 12. The molecule has 0 saturated heterocycles. The number of esters is 2. The Hall–Kier alpha value is -4.50. The van der Waals surface area contributed by atoms with Crippen molar-refractivity contribution in [3.05, 3.63) is 87.0 Å². The van der Waals surface area contributed by atoms with Crippen molar-refractivity contribution < 1.29 is 38.2 Å². The van der Waals surface area contributed by atoms with Gasteiger partial charge in [-0.05, 0) is 86.0 Å². The van der Waals surface area contributed by atoms with Crippen molar-refractivity contribution in [3.63, 3.8) is 0 Å². The maximum Gasteiger partial charge on any atom is 0.343 e. The highest BCUT2D eigenvalue weighted by Crippen LogP contribution is 2.38. The molecule has 15 heteroatoms. The molecule has 0 N–H and O–H groups in total. The molecule has 1 aromatic heterocycles. The van der Waals surface area contributed by atoms with Crippen molar-refractivity contribution in [2.75, 3.05) is 26.9 Å². The second-order valence-corrected chi connectivity index (χ2v) is 11.9. The van der Waals surface area contributed by atoms with E-state index in [0.29, 0.717) is 26.1 Å². The molecule has 0 saturated carbocycles. The molecule has 2 heterocycles. The third kappa shape index (κ3) is 7.31. The number of nitro benzene ring substituents is 1. The zero-order valence-corrected chi connectivity index (χ0v) is 28.4. The van der Waals surface area contributed by atoms with E-state index >= 15 is 0 Å². The van der Waals surface area contributed by atoms with Crippen molar-refractivity contribution in [2.24, 2.45) is 4.99 Å². The van der Waals surface area contributed by atoms with Crippen molar-refractivity contribution >= 4 is 51.0 Å². The first-order valence-corrected chi connectivity index (χ1v) is 15.8. The van der Waals surface area contributed by atoms with Crippen LogP contribution in [0, 0.1) is 10.1 Å². The van der Waals surface area contributed by atoms with Crippen molar-refractivity contribution in [2.45, 2.75) is 46.8 Å². The van der Waals surface area contributed by atoms with Gasteiger partial charge in [-0.1, -0.05) is 17.4 Å². The number of methoxy groups -OCH3 is 1. The average molecular weight is 719 g/mol. The average Bonchev–Trinajstić information content (AvgIpc) is 3.30. The van der Waals surface area contributed by atoms with Crippen LogP contribution in [0.4, 0.5) is 5.69 Å². The zero-order valence-electron chi connectivity index (χ0n) is 26.0. The van der Waals surface area contributed by atoms with Crippen molar-refractivity contribution in [1.82, 2.24) is 4.57 Å². The number of aromatic nitrogens is 1. The standard InChI is InChI=1S/C31H32BrN3O10S/c1-7-42-23-14-19(9-10-22(23)44-15-25(36)41-6)27-26(30(38)43-8-2)17(5)33-31-34(27)29(37)24(46-31)13-18-11-20(32)28(45-16(3)4)21(12-18)35(39)40/h9-14,16,27H,7-8,15H2,1-6H3/b24-13+/t27-/m1/s1. The lowest BCUT2D eigenvalue weighted by Gasteiger charge is -2.25. The lowest BCUT2D eigenvalue weighted by atomic mass is 9.95. The molecular formula is C31H32BrN3O10S. The van der Waals surface area contributed by atoms with Crippen LogP contribution >= 0.6 is 27.3 Å². The van der Waals surface area contributed by atoms with Gasteiger partial charge in [0.25, 0.3) is 5.56 Å². The number of nitrogens with zero attached hydrogens (tertiary/aromatic N) is 3. The van der Waals surface area contributed by atoms with E-state index in [2.05, 4.69) is 25.7 Å². The van der Waals surface area contributed by atoms with E-state index in [1.165, 1.54) is 23.8 Å². The number of ether oxygens (including phenoxy) is 5. The molecule has 0 radical (unpaired) electrons. The summed E-state index contributed by atoms with van der Waals surface area (Å²) in [5, 5.41) is 11.9. The SMILES string of the molecule is CCOC(=O)C1=C(C)N=c2s/c(=C/c3cc(Br)c(OC(C)C)c([N+](=O)[O-])c3)c(=O)n2[C@@H]1c1ccc(OCC(=O)OC)c(OCC)c1. The Balaban J connectivity index is 1.92. The molecule has 1 aliphatic heterocycles. The van der Waals surface area contributed by atoms with Crippen LogP contribution in [-0.2, 0) is 19.1 Å². The lowest BCUT2D eigenvalue weighted by molar-refractivity contribution is -0.386. The van der Waals surface area contributed by atoms with Crippen LogP contribution in [0.5, 0.6) is 17.2 Å². The van der Waals surface area contributed by atoms with Crippen LogP contribution in [-0.4, -0.2) is 54.5 Å². The molecule has 1 atom stereocenters. The van der Waals surface area contributed by atoms with E-state index in [9.17, 15) is 24.5 Å². The number of nitro groups is 1. The summed E-state index contributed by atoms with van der Waals surface area (Å²) < 4.78 is 29.0. The summed E-state index contributed by atoms with van der Waals surface area (Å²) in [4.78, 5) is 55.3. The first-order valence-electron chi connectivity index (χ1n) is 14.2. The highest BCUT2D eigenvalue weighted by Gasteiger charge is 2.34. The first kappa shape index (κ1) is 34.4. The van der Waals surface area contributed by atoms with E-state index in [1.54, 1.807) is 58.9 Å². The van der Waals surface area contributed by atoms with Crippen LogP contribution in [0.1, 0.15) is 51.8 Å². The van der Waals surface area contributed by atoms with E-state index in [-0.39, 0.29) is 59.0 Å². The fourth-order valence-electron chi connectivity index (χ4n) is 4.71. The number of thiazole rings is 1. The molecule has 1 aliphatic rings. The summed E-state index contributed by atoms with van der Waals surface area (Å²) in [6.07, 6.45) is 1.22. The molecule has 0 fully saturated rings. The number of halogens is 1. The van der Waals surface area contributed by atoms with Gasteiger partial charge in [0.05, 0.1) is 57.7 Å². The summed E-state index contributed by atoms with van der Waals surface area (Å²) in [6, 6.07) is 6.85. The molecular weight excluding hydrogens is 686 g/mol. The largest absolute Gasteiger partial charge is 0.490 e. The predicted octanol–water partition coefficient (Wildman–Crippen LogP) is 4.21. The molecule has 4 rings (SSSR count). The molecule has 0 unspecified atom stereocenters. The third-order valence-corrected chi connectivity index (χ3v) is 8.14. The minimum Gasteiger partial charge on any atom is -0.490 e. The molecule has 2 aromatic carbocycles. The Kier molecular flexibility index (Phi) is 11.0. The minimum atomic E-state index is -0.964. The monoisotopic (exact) mass is 717 g/mol. The lowest BCUT2D eigenvalue weighted by Crippen LogP contribution is -2.40. The van der Waals surface area contributed by atoms with Crippen LogP contribution in [0.2, 0.25) is 0 Å². The van der Waals surface area contributed by atoms with E-state index in [4.69, 9.17) is 18.9 Å². The van der Waals surface area contributed by atoms with Gasteiger partial charge >= 0.3 is 17.6 Å². The number of carbonyl (C=O) groups excluding carboxylic acids is 2. The highest BCUT2D eigenvalue weighted by atomic mass is 79.9. The van der Waals surface area contributed by atoms with Crippen molar-refractivity contribution in [3.8, 4) is 17.2 Å². The van der Waals surface area contributed by atoms with Gasteiger partial charge in [-0.3, -0.25) is 19.5 Å². The van der Waals surface area contributed by atoms with Crippen LogP contribution in [0.15, 0.2) is 55.9 Å². The Labute approximate surface area is 276 Å². The molecule has 13 nitrogen and oxygen atoms in total.